The van der Waals surface area contributed by atoms with Crippen LogP contribution in [0.5, 0.6) is 5.75 Å². The van der Waals surface area contributed by atoms with E-state index in [0.717, 1.165) is 17.0 Å². The lowest BCUT2D eigenvalue weighted by atomic mass is 10.2. The van der Waals surface area contributed by atoms with E-state index in [1.165, 1.54) is 30.0 Å². The highest BCUT2D eigenvalue weighted by Gasteiger charge is 2.08. The van der Waals surface area contributed by atoms with Gasteiger partial charge in [0.25, 0.3) is 0 Å². The van der Waals surface area contributed by atoms with Crippen molar-refractivity contribution in [2.75, 3.05) is 5.32 Å². The minimum Gasteiger partial charge on any atom is -0.486 e. The number of nitrogens with zero attached hydrogens (tertiary/aromatic N) is 3. The summed E-state index contributed by atoms with van der Waals surface area (Å²) in [5.41, 5.74) is 1.82. The zero-order valence-electron chi connectivity index (χ0n) is 14.1. The van der Waals surface area contributed by atoms with Gasteiger partial charge in [-0.1, -0.05) is 23.4 Å². The van der Waals surface area contributed by atoms with E-state index in [-0.39, 0.29) is 12.5 Å². The number of aryl methyl sites for hydroxylation is 1. The molecule has 2 N–H and O–H groups in total. The molecule has 0 spiro atoms. The fourth-order valence-corrected chi connectivity index (χ4v) is 3.67. The summed E-state index contributed by atoms with van der Waals surface area (Å²) in [4.78, 5) is 19.7. The van der Waals surface area contributed by atoms with Crippen LogP contribution in [0.2, 0.25) is 5.02 Å². The number of hydrogen-bond donors (Lipinski definition) is 2. The number of ether oxygens (including phenoxy) is 1. The summed E-state index contributed by atoms with van der Waals surface area (Å²) in [6, 6.07) is 5.50. The quantitative estimate of drug-likeness (QED) is 0.572. The smallest absolute Gasteiger partial charge is 0.223 e. The minimum atomic E-state index is -0.131. The first kappa shape index (κ1) is 18.7. The Morgan fingerprint density at radius 1 is 1.42 bits per heavy atom. The Bertz CT molecular complexity index is 912. The van der Waals surface area contributed by atoms with Crippen molar-refractivity contribution in [1.29, 1.82) is 0 Å². The predicted molar refractivity (Wildman–Crippen MR) is 103 cm³/mol. The summed E-state index contributed by atoms with van der Waals surface area (Å²) in [7, 11) is 0. The van der Waals surface area contributed by atoms with Crippen molar-refractivity contribution >= 4 is 45.7 Å². The molecule has 3 rings (SSSR count). The van der Waals surface area contributed by atoms with Crippen molar-refractivity contribution in [2.24, 2.45) is 0 Å². The van der Waals surface area contributed by atoms with Crippen LogP contribution in [0.3, 0.4) is 0 Å². The van der Waals surface area contributed by atoms with Gasteiger partial charge >= 0.3 is 0 Å². The molecule has 0 aliphatic heterocycles. The third kappa shape index (κ3) is 5.20. The molecular formula is C16H16ClN5O2S2. The van der Waals surface area contributed by atoms with Crippen LogP contribution in [0.15, 0.2) is 28.7 Å². The zero-order valence-corrected chi connectivity index (χ0v) is 16.5. The summed E-state index contributed by atoms with van der Waals surface area (Å²) in [5, 5.41) is 13.5. The van der Waals surface area contributed by atoms with Gasteiger partial charge in [-0.3, -0.25) is 9.89 Å². The van der Waals surface area contributed by atoms with E-state index >= 15 is 0 Å². The Kier molecular flexibility index (Phi) is 6.12. The number of halogens is 1. The van der Waals surface area contributed by atoms with E-state index in [1.54, 1.807) is 6.07 Å². The van der Waals surface area contributed by atoms with Crippen LogP contribution < -0.4 is 10.1 Å². The van der Waals surface area contributed by atoms with Crippen molar-refractivity contribution in [3.63, 3.8) is 0 Å². The number of anilines is 1. The SMILES string of the molecule is CC(=O)Nc1nc(CSc2n[nH]c(COc3ccc(Cl)c(C)c3)n2)cs1. The van der Waals surface area contributed by atoms with Crippen molar-refractivity contribution in [1.82, 2.24) is 20.2 Å². The van der Waals surface area contributed by atoms with E-state index in [0.29, 0.717) is 26.9 Å². The Labute approximate surface area is 163 Å². The molecule has 7 nitrogen and oxygen atoms in total. The average molecular weight is 410 g/mol. The highest BCUT2D eigenvalue weighted by molar-refractivity contribution is 7.98. The molecule has 10 heteroatoms. The van der Waals surface area contributed by atoms with Gasteiger partial charge in [0.15, 0.2) is 11.0 Å². The van der Waals surface area contributed by atoms with Crippen LogP contribution in [0.4, 0.5) is 5.13 Å². The maximum absolute atomic E-state index is 11.0. The summed E-state index contributed by atoms with van der Waals surface area (Å²) in [5.74, 6) is 1.85. The molecular weight excluding hydrogens is 394 g/mol. The van der Waals surface area contributed by atoms with Gasteiger partial charge in [-0.25, -0.2) is 9.97 Å². The number of hydrogen-bond acceptors (Lipinski definition) is 7. The Balaban J connectivity index is 1.50. The van der Waals surface area contributed by atoms with E-state index in [4.69, 9.17) is 16.3 Å². The number of nitrogens with one attached hydrogen (secondary N) is 2. The number of benzene rings is 1. The first-order chi connectivity index (χ1) is 12.5. The summed E-state index contributed by atoms with van der Waals surface area (Å²) < 4.78 is 5.69. The number of carbonyl (C=O) groups excluding carboxylic acids is 1. The predicted octanol–water partition coefficient (Wildman–Crippen LogP) is 4.05. The van der Waals surface area contributed by atoms with Crippen molar-refractivity contribution < 1.29 is 9.53 Å². The Morgan fingerprint density at radius 3 is 3.04 bits per heavy atom. The van der Waals surface area contributed by atoms with Crippen molar-refractivity contribution in [3.05, 3.63) is 45.7 Å². The molecule has 3 aromatic rings. The van der Waals surface area contributed by atoms with Gasteiger partial charge in [0.1, 0.15) is 12.4 Å². The number of thioether (sulfide) groups is 1. The normalized spacial score (nSPS) is 10.7. The monoisotopic (exact) mass is 409 g/mol. The lowest BCUT2D eigenvalue weighted by Crippen LogP contribution is -2.05. The fraction of sp³-hybridized carbons (Fsp3) is 0.250. The summed E-state index contributed by atoms with van der Waals surface area (Å²) in [6.45, 7) is 3.67. The van der Waals surface area contributed by atoms with Gasteiger partial charge in [-0.15, -0.1) is 16.4 Å². The molecule has 2 heterocycles. The molecule has 1 aromatic carbocycles. The van der Waals surface area contributed by atoms with Crippen LogP contribution in [0.1, 0.15) is 24.0 Å². The largest absolute Gasteiger partial charge is 0.486 e. The molecule has 1 amide bonds. The third-order valence-electron chi connectivity index (χ3n) is 3.20. The molecule has 0 bridgehead atoms. The topological polar surface area (TPSA) is 92.8 Å². The number of rotatable bonds is 7. The van der Waals surface area contributed by atoms with Crippen LogP contribution in [0.25, 0.3) is 0 Å². The number of amides is 1. The maximum Gasteiger partial charge on any atom is 0.223 e. The molecule has 136 valence electrons. The lowest BCUT2D eigenvalue weighted by Gasteiger charge is -2.05. The van der Waals surface area contributed by atoms with Gasteiger partial charge in [0, 0.05) is 23.1 Å². The van der Waals surface area contributed by atoms with Gasteiger partial charge < -0.3 is 10.1 Å². The van der Waals surface area contributed by atoms with E-state index in [2.05, 4.69) is 25.5 Å². The van der Waals surface area contributed by atoms with Crippen LogP contribution >= 0.6 is 34.7 Å². The second-order valence-electron chi connectivity index (χ2n) is 5.38. The summed E-state index contributed by atoms with van der Waals surface area (Å²) in [6.07, 6.45) is 0. The molecule has 0 saturated carbocycles. The van der Waals surface area contributed by atoms with Crippen molar-refractivity contribution in [3.8, 4) is 5.75 Å². The number of aromatic nitrogens is 4. The van der Waals surface area contributed by atoms with Gasteiger partial charge in [-0.05, 0) is 30.7 Å². The molecule has 0 unspecified atom stereocenters. The van der Waals surface area contributed by atoms with Crippen molar-refractivity contribution in [2.45, 2.75) is 31.4 Å². The summed E-state index contributed by atoms with van der Waals surface area (Å²) >= 11 is 8.85. The number of aromatic amines is 1. The fourth-order valence-electron chi connectivity index (χ4n) is 1.99. The van der Waals surface area contributed by atoms with E-state index in [1.807, 2.05) is 24.4 Å². The number of thiazole rings is 1. The van der Waals surface area contributed by atoms with Crippen LogP contribution in [-0.2, 0) is 17.2 Å². The second kappa shape index (κ2) is 8.52. The standard InChI is InChI=1S/C16H16ClN5O2S2/c1-9-5-12(3-4-13(9)17)24-6-14-20-16(22-21-14)26-8-11-7-25-15(19-11)18-10(2)23/h3-5,7H,6,8H2,1-2H3,(H,18,19,23)(H,20,21,22). The van der Waals surface area contributed by atoms with E-state index < -0.39 is 0 Å². The van der Waals surface area contributed by atoms with Gasteiger partial charge in [0.2, 0.25) is 11.1 Å². The Morgan fingerprint density at radius 2 is 2.27 bits per heavy atom. The van der Waals surface area contributed by atoms with Crippen LogP contribution in [0, 0.1) is 6.92 Å². The first-order valence-corrected chi connectivity index (χ1v) is 9.89. The second-order valence-corrected chi connectivity index (χ2v) is 7.59. The molecule has 0 aliphatic carbocycles. The number of carbonyl (C=O) groups is 1. The molecule has 2 aromatic heterocycles. The maximum atomic E-state index is 11.0. The van der Waals surface area contributed by atoms with Gasteiger partial charge in [0.05, 0.1) is 5.69 Å². The molecule has 0 aliphatic rings. The highest BCUT2D eigenvalue weighted by Crippen LogP contribution is 2.24. The molecule has 26 heavy (non-hydrogen) atoms. The number of H-pyrrole nitrogens is 1. The zero-order chi connectivity index (χ0) is 18.5. The minimum absolute atomic E-state index is 0.131. The average Bonchev–Trinajstić information content (AvgIpc) is 3.23. The first-order valence-electron chi connectivity index (χ1n) is 7.64. The third-order valence-corrected chi connectivity index (χ3v) is 5.31. The van der Waals surface area contributed by atoms with Gasteiger partial charge in [-0.2, -0.15) is 0 Å². The molecule has 0 saturated heterocycles. The highest BCUT2D eigenvalue weighted by atomic mass is 35.5. The Hall–Kier alpha value is -2.10. The molecule has 0 fully saturated rings. The molecule has 0 radical (unpaired) electrons. The lowest BCUT2D eigenvalue weighted by molar-refractivity contribution is -0.114. The van der Waals surface area contributed by atoms with E-state index in [9.17, 15) is 4.79 Å². The molecule has 0 atom stereocenters. The van der Waals surface area contributed by atoms with Crippen LogP contribution in [-0.4, -0.2) is 26.1 Å².